The van der Waals surface area contributed by atoms with Crippen molar-refractivity contribution in [2.75, 3.05) is 12.0 Å². The Morgan fingerprint density at radius 1 is 1.31 bits per heavy atom. The van der Waals surface area contributed by atoms with Gasteiger partial charge in [0.15, 0.2) is 0 Å². The average molecular weight is 206 g/mol. The van der Waals surface area contributed by atoms with Gasteiger partial charge in [-0.15, -0.1) is 0 Å². The minimum atomic E-state index is -2.90. The Hall–Kier alpha value is -0.380. The summed E-state index contributed by atoms with van der Waals surface area (Å²) in [6.07, 6.45) is 2.21. The van der Waals surface area contributed by atoms with E-state index in [2.05, 4.69) is 0 Å². The van der Waals surface area contributed by atoms with Crippen LogP contribution in [0, 0.1) is 5.41 Å². The second-order valence-corrected chi connectivity index (χ2v) is 6.68. The van der Waals surface area contributed by atoms with Crippen LogP contribution in [0.15, 0.2) is 0 Å². The van der Waals surface area contributed by atoms with Gasteiger partial charge in [0.25, 0.3) is 0 Å². The van der Waals surface area contributed by atoms with Crippen molar-refractivity contribution in [2.24, 2.45) is 5.41 Å². The summed E-state index contributed by atoms with van der Waals surface area (Å²) >= 11 is 0. The van der Waals surface area contributed by atoms with Gasteiger partial charge in [-0.25, -0.2) is 8.42 Å². The molecule has 0 saturated heterocycles. The van der Waals surface area contributed by atoms with E-state index in [1.54, 1.807) is 0 Å². The van der Waals surface area contributed by atoms with E-state index in [-0.39, 0.29) is 17.0 Å². The molecule has 0 aromatic rings. The molecule has 0 fully saturated rings. The summed E-state index contributed by atoms with van der Waals surface area (Å²) in [6.45, 7) is 5.36. The summed E-state index contributed by atoms with van der Waals surface area (Å²) in [5.74, 6) is 0.270. The third-order valence-corrected chi connectivity index (χ3v) is 2.82. The van der Waals surface area contributed by atoms with E-state index in [9.17, 15) is 13.2 Å². The minimum Gasteiger partial charge on any atom is -0.300 e. The van der Waals surface area contributed by atoms with Gasteiger partial charge in [-0.1, -0.05) is 13.8 Å². The number of carbonyl (C=O) groups is 1. The lowest BCUT2D eigenvalue weighted by atomic mass is 9.85. The van der Waals surface area contributed by atoms with Crippen LogP contribution in [0.2, 0.25) is 0 Å². The predicted octanol–water partition coefficient (Wildman–Crippen LogP) is 1.43. The summed E-state index contributed by atoms with van der Waals surface area (Å²) in [4.78, 5) is 10.8. The van der Waals surface area contributed by atoms with E-state index in [1.807, 2.05) is 13.8 Å². The van der Waals surface area contributed by atoms with Crippen LogP contribution in [0.1, 0.15) is 33.6 Å². The van der Waals surface area contributed by atoms with Crippen molar-refractivity contribution in [3.05, 3.63) is 0 Å². The van der Waals surface area contributed by atoms with Gasteiger partial charge in [-0.3, -0.25) is 0 Å². The van der Waals surface area contributed by atoms with Crippen LogP contribution in [0.5, 0.6) is 0 Å². The van der Waals surface area contributed by atoms with Crippen molar-refractivity contribution in [1.82, 2.24) is 0 Å². The number of carbonyl (C=O) groups excluding carboxylic acids is 1. The molecule has 0 aliphatic heterocycles. The number of rotatable bonds is 5. The topological polar surface area (TPSA) is 51.2 Å². The zero-order chi connectivity index (χ0) is 10.7. The average Bonchev–Trinajstić information content (AvgIpc) is 1.79. The normalized spacial score (nSPS) is 12.9. The molecule has 0 atom stereocenters. The van der Waals surface area contributed by atoms with Gasteiger partial charge in [0.05, 0.1) is 5.75 Å². The molecule has 0 amide bonds. The van der Waals surface area contributed by atoms with Gasteiger partial charge >= 0.3 is 0 Å². The highest BCUT2D eigenvalue weighted by Gasteiger charge is 2.21. The number of hydrogen-bond acceptors (Lipinski definition) is 3. The predicted molar refractivity (Wildman–Crippen MR) is 53.4 cm³/mol. The van der Waals surface area contributed by atoms with E-state index >= 15 is 0 Å². The number of sulfone groups is 1. The van der Waals surface area contributed by atoms with Crippen LogP contribution in [0.4, 0.5) is 0 Å². The van der Waals surface area contributed by atoms with Crippen LogP contribution in [0.3, 0.4) is 0 Å². The van der Waals surface area contributed by atoms with Gasteiger partial charge in [0.1, 0.15) is 15.6 Å². The van der Waals surface area contributed by atoms with Crippen LogP contribution in [0.25, 0.3) is 0 Å². The molecule has 0 rings (SSSR count). The van der Waals surface area contributed by atoms with Gasteiger partial charge in [-0.2, -0.15) is 0 Å². The van der Waals surface area contributed by atoms with Crippen LogP contribution >= 0.6 is 0 Å². The molecule has 0 spiro atoms. The van der Waals surface area contributed by atoms with E-state index in [0.29, 0.717) is 12.8 Å². The Bertz CT molecular complexity index is 275. The van der Waals surface area contributed by atoms with Crippen molar-refractivity contribution in [2.45, 2.75) is 33.6 Å². The summed E-state index contributed by atoms with van der Waals surface area (Å²) in [5, 5.41) is 0. The highest BCUT2D eigenvalue weighted by atomic mass is 32.2. The van der Waals surface area contributed by atoms with Crippen LogP contribution in [-0.4, -0.2) is 26.2 Å². The van der Waals surface area contributed by atoms with Crippen molar-refractivity contribution >= 4 is 15.6 Å². The summed E-state index contributed by atoms with van der Waals surface area (Å²) in [6, 6.07) is 0. The molecule has 3 nitrogen and oxygen atoms in total. The second-order valence-electron chi connectivity index (χ2n) is 4.42. The number of Topliss-reactive ketones (excluding diaryl/α,β-unsaturated/α-hetero) is 1. The lowest BCUT2D eigenvalue weighted by Gasteiger charge is -2.22. The molecular weight excluding hydrogens is 188 g/mol. The van der Waals surface area contributed by atoms with Crippen molar-refractivity contribution in [3.63, 3.8) is 0 Å². The Balaban J connectivity index is 4.11. The molecule has 0 radical (unpaired) electrons. The Morgan fingerprint density at radius 3 is 2.08 bits per heavy atom. The molecule has 0 N–H and O–H groups in total. The minimum absolute atomic E-state index is 0.110. The third-order valence-electron chi connectivity index (χ3n) is 1.88. The highest BCUT2D eigenvalue weighted by Crippen LogP contribution is 2.25. The number of ketones is 1. The zero-order valence-electron chi connectivity index (χ0n) is 8.75. The first-order valence-electron chi connectivity index (χ1n) is 4.30. The molecule has 0 aliphatic carbocycles. The van der Waals surface area contributed by atoms with Crippen LogP contribution < -0.4 is 0 Å². The van der Waals surface area contributed by atoms with Gasteiger partial charge in [-0.05, 0) is 18.8 Å². The molecular formula is C9H18O3S. The fourth-order valence-corrected chi connectivity index (χ4v) is 2.15. The van der Waals surface area contributed by atoms with Crippen molar-refractivity contribution in [1.29, 1.82) is 0 Å². The number of hydrogen-bond donors (Lipinski definition) is 0. The quantitative estimate of drug-likeness (QED) is 0.683. The van der Waals surface area contributed by atoms with Gasteiger partial charge in [0.2, 0.25) is 0 Å². The first kappa shape index (κ1) is 12.6. The zero-order valence-corrected chi connectivity index (χ0v) is 9.57. The molecule has 0 saturated carbocycles. The fraction of sp³-hybridized carbons (Fsp3) is 0.889. The summed E-state index contributed by atoms with van der Waals surface area (Å²) in [5.41, 5.74) is -0.199. The SMILES string of the molecule is CC(=O)CC(C)(C)CCS(C)(=O)=O. The maximum Gasteiger partial charge on any atom is 0.147 e. The molecule has 0 unspecified atom stereocenters. The standard InChI is InChI=1S/C9H18O3S/c1-8(10)7-9(2,3)5-6-13(4,11)12/h5-7H2,1-4H3. The monoisotopic (exact) mass is 206 g/mol. The highest BCUT2D eigenvalue weighted by molar-refractivity contribution is 7.90. The maximum atomic E-state index is 10.9. The maximum absolute atomic E-state index is 10.9. The third kappa shape index (κ3) is 7.96. The van der Waals surface area contributed by atoms with Crippen LogP contribution in [-0.2, 0) is 14.6 Å². The largest absolute Gasteiger partial charge is 0.300 e. The summed E-state index contributed by atoms with van der Waals surface area (Å²) < 4.78 is 21.8. The Labute approximate surface area is 80.4 Å². The van der Waals surface area contributed by atoms with E-state index in [4.69, 9.17) is 0 Å². The first-order valence-corrected chi connectivity index (χ1v) is 6.36. The molecule has 13 heavy (non-hydrogen) atoms. The van der Waals surface area contributed by atoms with Gasteiger partial charge < -0.3 is 4.79 Å². The first-order chi connectivity index (χ1) is 5.62. The molecule has 4 heteroatoms. The molecule has 0 bridgehead atoms. The van der Waals surface area contributed by atoms with Crippen molar-refractivity contribution in [3.8, 4) is 0 Å². The van der Waals surface area contributed by atoms with Gasteiger partial charge in [0, 0.05) is 12.7 Å². The summed E-state index contributed by atoms with van der Waals surface area (Å²) in [7, 11) is -2.90. The molecule has 0 heterocycles. The Kier molecular flexibility index (Phi) is 4.10. The molecule has 0 aromatic carbocycles. The van der Waals surface area contributed by atoms with E-state index < -0.39 is 9.84 Å². The molecule has 0 aliphatic rings. The van der Waals surface area contributed by atoms with E-state index in [0.717, 1.165) is 0 Å². The van der Waals surface area contributed by atoms with E-state index in [1.165, 1.54) is 13.2 Å². The second kappa shape index (κ2) is 4.22. The molecule has 78 valence electrons. The fourth-order valence-electron chi connectivity index (χ4n) is 1.22. The Morgan fingerprint density at radius 2 is 1.77 bits per heavy atom. The smallest absolute Gasteiger partial charge is 0.147 e. The molecule has 0 aromatic heterocycles. The lowest BCUT2D eigenvalue weighted by Crippen LogP contribution is -2.19. The lowest BCUT2D eigenvalue weighted by molar-refractivity contribution is -0.118. The van der Waals surface area contributed by atoms with Crippen molar-refractivity contribution < 1.29 is 13.2 Å².